The largest absolute Gasteiger partial charge is 0.480 e. The van der Waals surface area contributed by atoms with Crippen LogP contribution in [0, 0.1) is 0 Å². The van der Waals surface area contributed by atoms with Crippen LogP contribution in [-0.4, -0.2) is 63.8 Å². The van der Waals surface area contributed by atoms with Gasteiger partial charge >= 0.3 is 12.0 Å². The molecular weight excluding hydrogens is 248 g/mol. The van der Waals surface area contributed by atoms with Crippen molar-refractivity contribution >= 4 is 12.0 Å². The Morgan fingerprint density at radius 2 is 1.79 bits per heavy atom. The lowest BCUT2D eigenvalue weighted by Crippen LogP contribution is -2.49. The van der Waals surface area contributed by atoms with Gasteiger partial charge in [-0.3, -0.25) is 0 Å². The van der Waals surface area contributed by atoms with Gasteiger partial charge in [0, 0.05) is 25.7 Å². The third kappa shape index (κ3) is 3.00. The van der Waals surface area contributed by atoms with Crippen molar-refractivity contribution in [1.29, 1.82) is 0 Å². The third-order valence-corrected chi connectivity index (χ3v) is 4.10. The molecule has 0 bridgehead atoms. The highest BCUT2D eigenvalue weighted by Crippen LogP contribution is 2.26. The van der Waals surface area contributed by atoms with Crippen LogP contribution < -0.4 is 0 Å². The number of likely N-dealkylation sites (tertiary alicyclic amines) is 2. The van der Waals surface area contributed by atoms with Crippen LogP contribution in [0.3, 0.4) is 0 Å². The number of aliphatic hydroxyl groups excluding tert-OH is 1. The molecular formula is C13H22N2O4. The predicted molar refractivity (Wildman–Crippen MR) is 68.8 cm³/mol. The molecule has 0 spiro atoms. The fraction of sp³-hybridized carbons (Fsp3) is 0.846. The summed E-state index contributed by atoms with van der Waals surface area (Å²) >= 11 is 0. The molecule has 19 heavy (non-hydrogen) atoms. The number of aliphatic hydroxyl groups is 1. The van der Waals surface area contributed by atoms with Crippen LogP contribution in [0.5, 0.6) is 0 Å². The Kier molecular flexibility index (Phi) is 4.63. The van der Waals surface area contributed by atoms with Crippen molar-refractivity contribution < 1.29 is 19.8 Å². The summed E-state index contributed by atoms with van der Waals surface area (Å²) in [7, 11) is 0. The summed E-state index contributed by atoms with van der Waals surface area (Å²) in [5.41, 5.74) is 0. The number of nitrogens with zero attached hydrogens (tertiary/aromatic N) is 2. The van der Waals surface area contributed by atoms with Gasteiger partial charge in [0.25, 0.3) is 0 Å². The summed E-state index contributed by atoms with van der Waals surface area (Å²) in [6.07, 6.45) is 4.73. The minimum atomic E-state index is -0.906. The van der Waals surface area contributed by atoms with E-state index in [9.17, 15) is 9.59 Å². The van der Waals surface area contributed by atoms with Gasteiger partial charge in [-0.15, -0.1) is 0 Å². The van der Waals surface area contributed by atoms with Crippen molar-refractivity contribution in [1.82, 2.24) is 9.80 Å². The highest BCUT2D eigenvalue weighted by molar-refractivity contribution is 5.83. The molecule has 6 nitrogen and oxygen atoms in total. The maximum atomic E-state index is 12.5. The van der Waals surface area contributed by atoms with E-state index in [2.05, 4.69) is 0 Å². The SMILES string of the molecule is O=C(O)[C@@H]1CCCN1C(=O)N1CCCC1CCCO. The van der Waals surface area contributed by atoms with Crippen LogP contribution in [0.4, 0.5) is 4.79 Å². The molecule has 2 aliphatic rings. The zero-order valence-electron chi connectivity index (χ0n) is 11.1. The zero-order chi connectivity index (χ0) is 13.8. The number of amides is 2. The van der Waals surface area contributed by atoms with Gasteiger partial charge in [-0.1, -0.05) is 0 Å². The minimum absolute atomic E-state index is 0.134. The summed E-state index contributed by atoms with van der Waals surface area (Å²) in [6, 6.07) is -0.633. The molecule has 0 aromatic carbocycles. The lowest BCUT2D eigenvalue weighted by molar-refractivity contribution is -0.141. The molecule has 2 atom stereocenters. The average Bonchev–Trinajstić information content (AvgIpc) is 3.04. The van der Waals surface area contributed by atoms with E-state index in [1.807, 2.05) is 0 Å². The van der Waals surface area contributed by atoms with E-state index in [0.717, 1.165) is 25.7 Å². The number of rotatable bonds is 4. The molecule has 0 aliphatic carbocycles. The number of hydrogen-bond donors (Lipinski definition) is 2. The van der Waals surface area contributed by atoms with E-state index in [1.54, 1.807) is 4.90 Å². The van der Waals surface area contributed by atoms with Crippen molar-refractivity contribution in [3.8, 4) is 0 Å². The fourth-order valence-electron chi connectivity index (χ4n) is 3.13. The Hall–Kier alpha value is -1.30. The van der Waals surface area contributed by atoms with Crippen molar-refractivity contribution in [2.75, 3.05) is 19.7 Å². The monoisotopic (exact) mass is 270 g/mol. The molecule has 1 unspecified atom stereocenters. The van der Waals surface area contributed by atoms with Gasteiger partial charge in [0.05, 0.1) is 0 Å². The number of carboxylic acids is 1. The standard InChI is InChI=1S/C13H22N2O4/c16-9-3-5-10-4-1-7-14(10)13(19)15-8-2-6-11(15)12(17)18/h10-11,16H,1-9H2,(H,17,18)/t10?,11-/m0/s1. The Morgan fingerprint density at radius 1 is 1.11 bits per heavy atom. The lowest BCUT2D eigenvalue weighted by Gasteiger charge is -2.31. The van der Waals surface area contributed by atoms with E-state index in [-0.39, 0.29) is 18.7 Å². The molecule has 2 rings (SSSR count). The molecule has 0 radical (unpaired) electrons. The molecule has 108 valence electrons. The van der Waals surface area contributed by atoms with Gasteiger partial charge in [0.2, 0.25) is 0 Å². The van der Waals surface area contributed by atoms with Gasteiger partial charge in [0.1, 0.15) is 6.04 Å². The first kappa shape index (κ1) is 14.1. The Labute approximate surface area is 113 Å². The second-order valence-corrected chi connectivity index (χ2v) is 5.33. The van der Waals surface area contributed by atoms with Gasteiger partial charge in [-0.2, -0.15) is 0 Å². The number of carbonyl (C=O) groups excluding carboxylic acids is 1. The molecule has 2 aliphatic heterocycles. The Morgan fingerprint density at radius 3 is 2.47 bits per heavy atom. The number of aliphatic carboxylic acids is 1. The summed E-state index contributed by atoms with van der Waals surface area (Å²) < 4.78 is 0. The molecule has 6 heteroatoms. The van der Waals surface area contributed by atoms with Crippen LogP contribution in [0.15, 0.2) is 0 Å². The highest BCUT2D eigenvalue weighted by Gasteiger charge is 2.39. The van der Waals surface area contributed by atoms with Gasteiger partial charge in [-0.25, -0.2) is 9.59 Å². The normalized spacial score (nSPS) is 27.0. The zero-order valence-corrected chi connectivity index (χ0v) is 11.1. The van der Waals surface area contributed by atoms with Crippen LogP contribution in [-0.2, 0) is 4.79 Å². The molecule has 2 saturated heterocycles. The maximum absolute atomic E-state index is 12.5. The second kappa shape index (κ2) is 6.23. The molecule has 2 fully saturated rings. The number of urea groups is 1. The summed E-state index contributed by atoms with van der Waals surface area (Å²) in [5.74, 6) is -0.906. The quantitative estimate of drug-likeness (QED) is 0.795. The number of hydrogen-bond acceptors (Lipinski definition) is 3. The van der Waals surface area contributed by atoms with Crippen molar-refractivity contribution in [3.05, 3.63) is 0 Å². The van der Waals surface area contributed by atoms with Crippen LogP contribution in [0.1, 0.15) is 38.5 Å². The topological polar surface area (TPSA) is 81.1 Å². The Bertz CT molecular complexity index is 348. The first-order chi connectivity index (χ1) is 9.15. The highest BCUT2D eigenvalue weighted by atomic mass is 16.4. The maximum Gasteiger partial charge on any atom is 0.326 e. The van der Waals surface area contributed by atoms with Crippen LogP contribution in [0.25, 0.3) is 0 Å². The van der Waals surface area contributed by atoms with Gasteiger partial charge in [-0.05, 0) is 38.5 Å². The molecule has 2 N–H and O–H groups in total. The molecule has 0 saturated carbocycles. The van der Waals surface area contributed by atoms with Gasteiger partial charge in [0.15, 0.2) is 0 Å². The predicted octanol–water partition coefficient (Wildman–Crippen LogP) is 0.892. The first-order valence-electron chi connectivity index (χ1n) is 7.06. The van der Waals surface area contributed by atoms with Crippen molar-refractivity contribution in [2.45, 2.75) is 50.6 Å². The molecule has 0 aromatic rings. The van der Waals surface area contributed by atoms with E-state index in [4.69, 9.17) is 10.2 Å². The number of carboxylic acid groups (broad SMARTS) is 1. The molecule has 2 amide bonds. The Balaban J connectivity index is 1.99. The summed E-state index contributed by atoms with van der Waals surface area (Å²) in [6.45, 7) is 1.39. The first-order valence-corrected chi connectivity index (χ1v) is 7.06. The minimum Gasteiger partial charge on any atom is -0.480 e. The van der Waals surface area contributed by atoms with Gasteiger partial charge < -0.3 is 20.0 Å². The van der Waals surface area contributed by atoms with E-state index >= 15 is 0 Å². The van der Waals surface area contributed by atoms with Crippen LogP contribution >= 0.6 is 0 Å². The van der Waals surface area contributed by atoms with E-state index in [1.165, 1.54) is 4.90 Å². The number of carbonyl (C=O) groups is 2. The molecule has 0 aromatic heterocycles. The van der Waals surface area contributed by atoms with E-state index < -0.39 is 12.0 Å². The van der Waals surface area contributed by atoms with Crippen molar-refractivity contribution in [3.63, 3.8) is 0 Å². The smallest absolute Gasteiger partial charge is 0.326 e. The average molecular weight is 270 g/mol. The third-order valence-electron chi connectivity index (χ3n) is 4.10. The summed E-state index contributed by atoms with van der Waals surface area (Å²) in [5, 5.41) is 18.0. The van der Waals surface area contributed by atoms with E-state index in [0.29, 0.717) is 25.9 Å². The van der Waals surface area contributed by atoms with Crippen LogP contribution in [0.2, 0.25) is 0 Å². The lowest BCUT2D eigenvalue weighted by atomic mass is 10.1. The van der Waals surface area contributed by atoms with Crippen molar-refractivity contribution in [2.24, 2.45) is 0 Å². The fourth-order valence-corrected chi connectivity index (χ4v) is 3.13. The molecule has 2 heterocycles. The summed E-state index contributed by atoms with van der Waals surface area (Å²) in [4.78, 5) is 26.9. The second-order valence-electron chi connectivity index (χ2n) is 5.33.